The molecule has 3 heterocycles. The molecule has 13 rings (SSSR count). The average molecular weight is 868 g/mol. The van der Waals surface area contributed by atoms with Crippen molar-refractivity contribution in [2.75, 3.05) is 0 Å². The van der Waals surface area contributed by atoms with Gasteiger partial charge < -0.3 is 9.13 Å². The van der Waals surface area contributed by atoms with Crippen LogP contribution >= 0.6 is 0 Å². The van der Waals surface area contributed by atoms with Gasteiger partial charge in [0.2, 0.25) is 0 Å². The molecule has 0 spiro atoms. The normalized spacial score (nSPS) is 11.5. The van der Waals surface area contributed by atoms with Crippen molar-refractivity contribution in [1.82, 2.24) is 24.1 Å². The topological polar surface area (TPSA) is 48.5 Å². The van der Waals surface area contributed by atoms with E-state index in [4.69, 9.17) is 15.0 Å². The number of hydrogen-bond donors (Lipinski definition) is 0. The van der Waals surface area contributed by atoms with E-state index in [1.54, 1.807) is 0 Å². The quantitative estimate of drug-likeness (QED) is 0.153. The number of para-hydroxylation sites is 2. The molecule has 0 bridgehead atoms. The van der Waals surface area contributed by atoms with Crippen LogP contribution in [0.3, 0.4) is 0 Å². The van der Waals surface area contributed by atoms with E-state index >= 15 is 0 Å². The second-order valence-electron chi connectivity index (χ2n) is 17.2. The van der Waals surface area contributed by atoms with Crippen molar-refractivity contribution in [3.05, 3.63) is 249 Å². The van der Waals surface area contributed by atoms with Gasteiger partial charge in [-0.1, -0.05) is 194 Å². The molecule has 0 fully saturated rings. The lowest BCUT2D eigenvalue weighted by Gasteiger charge is -2.13. The third-order valence-corrected chi connectivity index (χ3v) is 13.2. The number of hydrogen-bond acceptors (Lipinski definition) is 3. The van der Waals surface area contributed by atoms with E-state index in [9.17, 15) is 0 Å². The van der Waals surface area contributed by atoms with Crippen LogP contribution < -0.4 is 0 Å². The number of fused-ring (bicyclic) bond motifs is 7. The van der Waals surface area contributed by atoms with Gasteiger partial charge in [-0.05, 0) is 88.0 Å². The zero-order valence-corrected chi connectivity index (χ0v) is 36.9. The molecule has 0 saturated heterocycles. The summed E-state index contributed by atoms with van der Waals surface area (Å²) in [5, 5.41) is 4.79. The number of nitrogens with zero attached hydrogens (tertiary/aromatic N) is 5. The zero-order chi connectivity index (χ0) is 45.0. The van der Waals surface area contributed by atoms with Crippen LogP contribution in [0.15, 0.2) is 249 Å². The fourth-order valence-corrected chi connectivity index (χ4v) is 9.97. The van der Waals surface area contributed by atoms with Gasteiger partial charge >= 0.3 is 0 Å². The molecule has 13 aromatic rings. The summed E-state index contributed by atoms with van der Waals surface area (Å²) in [6.45, 7) is 0. The standard InChI is InChI=1S/C63H41N5/c1-4-17-42(18-5-1)46-23-14-24-47(39-46)44-33-35-51(36-34-44)67-57-32-13-11-30-55(57)59-58(67)38-37-54-53-29-10-12-31-56(53)68(60(54)59)52-28-16-27-50(41-52)63-65-61(45-21-8-3-9-22-45)64-62(66-63)49-26-15-25-48(40-49)43-19-6-2-7-20-43/h1-41H. The molecule has 0 unspecified atom stereocenters. The zero-order valence-electron chi connectivity index (χ0n) is 36.9. The van der Waals surface area contributed by atoms with Gasteiger partial charge in [0.15, 0.2) is 17.5 Å². The van der Waals surface area contributed by atoms with E-state index in [1.807, 2.05) is 24.3 Å². The van der Waals surface area contributed by atoms with Crippen molar-refractivity contribution in [3.63, 3.8) is 0 Å². The minimum Gasteiger partial charge on any atom is -0.309 e. The van der Waals surface area contributed by atoms with Gasteiger partial charge in [-0.3, -0.25) is 0 Å². The molecular formula is C63H41N5. The second-order valence-corrected chi connectivity index (χ2v) is 17.2. The van der Waals surface area contributed by atoms with Crippen LogP contribution in [0, 0.1) is 0 Å². The van der Waals surface area contributed by atoms with Gasteiger partial charge in [0.05, 0.1) is 22.1 Å². The molecule has 0 radical (unpaired) electrons. The molecule has 0 amide bonds. The highest BCUT2D eigenvalue weighted by molar-refractivity contribution is 6.26. The molecule has 0 saturated carbocycles. The van der Waals surface area contributed by atoms with Crippen LogP contribution in [0.25, 0.3) is 123 Å². The first-order valence-electron chi connectivity index (χ1n) is 23.0. The van der Waals surface area contributed by atoms with E-state index in [2.05, 4.69) is 234 Å². The van der Waals surface area contributed by atoms with Crippen molar-refractivity contribution in [2.45, 2.75) is 0 Å². The molecular weight excluding hydrogens is 827 g/mol. The van der Waals surface area contributed by atoms with Crippen molar-refractivity contribution < 1.29 is 0 Å². The van der Waals surface area contributed by atoms with Gasteiger partial charge in [0.1, 0.15) is 0 Å². The van der Waals surface area contributed by atoms with Crippen LogP contribution in [-0.4, -0.2) is 24.1 Å². The predicted molar refractivity (Wildman–Crippen MR) is 281 cm³/mol. The van der Waals surface area contributed by atoms with E-state index in [0.29, 0.717) is 17.5 Å². The Hall–Kier alpha value is -9.19. The lowest BCUT2D eigenvalue weighted by Crippen LogP contribution is -2.01. The van der Waals surface area contributed by atoms with Crippen LogP contribution in [0.5, 0.6) is 0 Å². The highest BCUT2D eigenvalue weighted by Crippen LogP contribution is 2.43. The van der Waals surface area contributed by atoms with Crippen molar-refractivity contribution >= 4 is 43.6 Å². The minimum absolute atomic E-state index is 0.610. The van der Waals surface area contributed by atoms with Gasteiger partial charge in [-0.15, -0.1) is 0 Å². The van der Waals surface area contributed by atoms with Crippen LogP contribution in [0.4, 0.5) is 0 Å². The van der Waals surface area contributed by atoms with Crippen LogP contribution in [-0.2, 0) is 0 Å². The molecule has 0 N–H and O–H groups in total. The maximum Gasteiger partial charge on any atom is 0.164 e. The summed E-state index contributed by atoms with van der Waals surface area (Å²) in [6.07, 6.45) is 0. The lowest BCUT2D eigenvalue weighted by atomic mass is 9.99. The summed E-state index contributed by atoms with van der Waals surface area (Å²) in [5.74, 6) is 1.86. The molecule has 0 aliphatic rings. The fourth-order valence-electron chi connectivity index (χ4n) is 9.97. The van der Waals surface area contributed by atoms with E-state index in [-0.39, 0.29) is 0 Å². The van der Waals surface area contributed by atoms with Crippen LogP contribution in [0.2, 0.25) is 0 Å². The summed E-state index contributed by atoms with van der Waals surface area (Å²) in [5.41, 5.74) is 16.5. The molecule has 0 aliphatic heterocycles. The molecule has 318 valence electrons. The maximum atomic E-state index is 5.22. The Balaban J connectivity index is 0.971. The van der Waals surface area contributed by atoms with Gasteiger partial charge in [0.25, 0.3) is 0 Å². The Kier molecular flexibility index (Phi) is 9.43. The summed E-state index contributed by atoms with van der Waals surface area (Å²) in [6, 6.07) is 88.2. The first-order chi connectivity index (χ1) is 33.7. The highest BCUT2D eigenvalue weighted by atomic mass is 15.0. The first-order valence-corrected chi connectivity index (χ1v) is 23.0. The summed E-state index contributed by atoms with van der Waals surface area (Å²) in [7, 11) is 0. The average Bonchev–Trinajstić information content (AvgIpc) is 3.95. The predicted octanol–water partition coefficient (Wildman–Crippen LogP) is 16.1. The van der Waals surface area contributed by atoms with E-state index in [0.717, 1.165) is 61.3 Å². The van der Waals surface area contributed by atoms with Crippen molar-refractivity contribution in [2.24, 2.45) is 0 Å². The van der Waals surface area contributed by atoms with Crippen LogP contribution in [0.1, 0.15) is 0 Å². The van der Waals surface area contributed by atoms with Gasteiger partial charge in [0, 0.05) is 49.6 Å². The summed E-state index contributed by atoms with van der Waals surface area (Å²) in [4.78, 5) is 15.5. The monoisotopic (exact) mass is 867 g/mol. The molecule has 5 nitrogen and oxygen atoms in total. The Morgan fingerprint density at radius 2 is 0.676 bits per heavy atom. The molecule has 68 heavy (non-hydrogen) atoms. The second kappa shape index (κ2) is 16.4. The Bertz CT molecular complexity index is 4000. The fraction of sp³-hybridized carbons (Fsp3) is 0. The van der Waals surface area contributed by atoms with Gasteiger partial charge in [-0.2, -0.15) is 0 Å². The highest BCUT2D eigenvalue weighted by Gasteiger charge is 2.22. The largest absolute Gasteiger partial charge is 0.309 e. The van der Waals surface area contributed by atoms with Crippen molar-refractivity contribution in [3.8, 4) is 78.9 Å². The Morgan fingerprint density at radius 3 is 1.29 bits per heavy atom. The number of aromatic nitrogens is 5. The van der Waals surface area contributed by atoms with E-state index < -0.39 is 0 Å². The Morgan fingerprint density at radius 1 is 0.235 bits per heavy atom. The Labute approximate surface area is 393 Å². The summed E-state index contributed by atoms with van der Waals surface area (Å²) >= 11 is 0. The number of benzene rings is 10. The van der Waals surface area contributed by atoms with Crippen molar-refractivity contribution in [1.29, 1.82) is 0 Å². The molecule has 0 atom stereocenters. The smallest absolute Gasteiger partial charge is 0.164 e. The number of rotatable bonds is 8. The maximum absolute atomic E-state index is 5.22. The molecule has 10 aromatic carbocycles. The minimum atomic E-state index is 0.610. The molecule has 3 aromatic heterocycles. The molecule has 0 aliphatic carbocycles. The van der Waals surface area contributed by atoms with Gasteiger partial charge in [-0.25, -0.2) is 15.0 Å². The SMILES string of the molecule is c1ccc(-c2cccc(-c3ccc(-n4c5ccccc5c5c4ccc4c6ccccc6n(-c6cccc(-c7nc(-c8ccccc8)nc(-c8cccc(-c9ccccc9)c8)n7)c6)c45)cc3)c2)cc1. The third kappa shape index (κ3) is 6.76. The third-order valence-electron chi connectivity index (χ3n) is 13.2. The van der Waals surface area contributed by atoms with E-state index in [1.165, 1.54) is 43.8 Å². The summed E-state index contributed by atoms with van der Waals surface area (Å²) < 4.78 is 4.84. The molecule has 5 heteroatoms. The lowest BCUT2D eigenvalue weighted by molar-refractivity contribution is 1.07. The first kappa shape index (κ1) is 39.2.